The van der Waals surface area contributed by atoms with Gasteiger partial charge in [-0.3, -0.25) is 0 Å². The van der Waals surface area contributed by atoms with Crippen LogP contribution in [0.4, 0.5) is 10.5 Å². The van der Waals surface area contributed by atoms with E-state index in [2.05, 4.69) is 53.1 Å². The Morgan fingerprint density at radius 2 is 1.82 bits per heavy atom. The van der Waals surface area contributed by atoms with Crippen molar-refractivity contribution in [2.45, 2.75) is 6.42 Å². The summed E-state index contributed by atoms with van der Waals surface area (Å²) in [7, 11) is 0. The first kappa shape index (κ1) is 14.4. The second kappa shape index (κ2) is 6.98. The topological polar surface area (TPSA) is 44.4 Å². The van der Waals surface area contributed by atoms with Gasteiger partial charge >= 0.3 is 6.03 Å². The maximum Gasteiger partial charge on any atom is 0.317 e. The summed E-state index contributed by atoms with van der Waals surface area (Å²) in [5, 5.41) is 6.28. The highest BCUT2D eigenvalue weighted by atomic mass is 16.2. The molecule has 114 valence electrons. The minimum Gasteiger partial charge on any atom is -0.383 e. The number of urea groups is 1. The highest BCUT2D eigenvalue weighted by Gasteiger charge is 2.18. The number of carbonyl (C=O) groups is 1. The molecule has 0 aromatic heterocycles. The molecule has 0 aliphatic carbocycles. The summed E-state index contributed by atoms with van der Waals surface area (Å²) in [6, 6.07) is 18.9. The molecule has 1 saturated heterocycles. The molecular weight excluding hydrogens is 274 g/mol. The summed E-state index contributed by atoms with van der Waals surface area (Å²) < 4.78 is 0. The van der Waals surface area contributed by atoms with E-state index < -0.39 is 0 Å². The van der Waals surface area contributed by atoms with E-state index in [9.17, 15) is 4.79 Å². The van der Waals surface area contributed by atoms with Crippen molar-refractivity contribution in [2.24, 2.45) is 0 Å². The molecular formula is C18H21N3O. The molecule has 2 N–H and O–H groups in total. The molecule has 2 aromatic rings. The van der Waals surface area contributed by atoms with E-state index in [4.69, 9.17) is 0 Å². The van der Waals surface area contributed by atoms with Gasteiger partial charge in [-0.1, -0.05) is 48.5 Å². The van der Waals surface area contributed by atoms with Crippen molar-refractivity contribution in [3.8, 4) is 0 Å². The number of nitrogens with one attached hydrogen (secondary N) is 2. The first-order chi connectivity index (χ1) is 10.8. The van der Waals surface area contributed by atoms with Crippen LogP contribution in [0.25, 0.3) is 0 Å². The maximum absolute atomic E-state index is 11.5. The Morgan fingerprint density at radius 1 is 1.05 bits per heavy atom. The molecule has 0 saturated carbocycles. The Morgan fingerprint density at radius 3 is 2.59 bits per heavy atom. The van der Waals surface area contributed by atoms with Crippen molar-refractivity contribution in [3.05, 3.63) is 65.7 Å². The van der Waals surface area contributed by atoms with Crippen LogP contribution in [0.15, 0.2) is 54.6 Å². The lowest BCUT2D eigenvalue weighted by Gasteiger charge is -2.16. The molecule has 2 aromatic carbocycles. The van der Waals surface area contributed by atoms with Gasteiger partial charge in [0.2, 0.25) is 0 Å². The van der Waals surface area contributed by atoms with Crippen LogP contribution in [0.5, 0.6) is 0 Å². The molecule has 2 amide bonds. The van der Waals surface area contributed by atoms with Gasteiger partial charge in [-0.25, -0.2) is 4.79 Å². The standard InChI is InChI=1S/C18H21N3O/c22-18-20-11-13-21(18)12-10-19-17-9-5-4-8-16(17)14-15-6-2-1-3-7-15/h1-9,19H,10-14H2,(H,20,22). The van der Waals surface area contributed by atoms with E-state index >= 15 is 0 Å². The number of benzene rings is 2. The van der Waals surface area contributed by atoms with E-state index in [1.165, 1.54) is 11.1 Å². The summed E-state index contributed by atoms with van der Waals surface area (Å²) in [5.41, 5.74) is 3.72. The monoisotopic (exact) mass is 295 g/mol. The van der Waals surface area contributed by atoms with Gasteiger partial charge in [0.25, 0.3) is 0 Å². The van der Waals surface area contributed by atoms with Crippen LogP contribution in [0.2, 0.25) is 0 Å². The van der Waals surface area contributed by atoms with Crippen molar-refractivity contribution in [1.82, 2.24) is 10.2 Å². The van der Waals surface area contributed by atoms with Crippen LogP contribution < -0.4 is 10.6 Å². The van der Waals surface area contributed by atoms with Crippen molar-refractivity contribution in [3.63, 3.8) is 0 Å². The van der Waals surface area contributed by atoms with Gasteiger partial charge in [0.05, 0.1) is 0 Å². The van der Waals surface area contributed by atoms with E-state index in [-0.39, 0.29) is 6.03 Å². The van der Waals surface area contributed by atoms with E-state index in [1.54, 1.807) is 0 Å². The molecule has 0 radical (unpaired) electrons. The largest absolute Gasteiger partial charge is 0.383 e. The predicted molar refractivity (Wildman–Crippen MR) is 89.2 cm³/mol. The van der Waals surface area contributed by atoms with Gasteiger partial charge < -0.3 is 15.5 Å². The molecule has 0 unspecified atom stereocenters. The zero-order valence-corrected chi connectivity index (χ0v) is 12.6. The lowest BCUT2D eigenvalue weighted by Crippen LogP contribution is -2.32. The molecule has 4 heteroatoms. The lowest BCUT2D eigenvalue weighted by molar-refractivity contribution is 0.219. The number of hydrogen-bond acceptors (Lipinski definition) is 2. The smallest absolute Gasteiger partial charge is 0.317 e. The number of rotatable bonds is 6. The quantitative estimate of drug-likeness (QED) is 0.860. The first-order valence-electron chi connectivity index (χ1n) is 7.71. The van der Waals surface area contributed by atoms with Crippen LogP contribution >= 0.6 is 0 Å². The third kappa shape index (κ3) is 3.58. The molecule has 0 bridgehead atoms. The first-order valence-corrected chi connectivity index (χ1v) is 7.71. The normalized spacial score (nSPS) is 14.0. The predicted octanol–water partition coefficient (Wildman–Crippen LogP) is 2.71. The van der Waals surface area contributed by atoms with Crippen molar-refractivity contribution in [2.75, 3.05) is 31.5 Å². The summed E-state index contributed by atoms with van der Waals surface area (Å²) in [4.78, 5) is 13.4. The summed E-state index contributed by atoms with van der Waals surface area (Å²) >= 11 is 0. The Hall–Kier alpha value is -2.49. The molecule has 0 spiro atoms. The minimum atomic E-state index is 0.0411. The van der Waals surface area contributed by atoms with Gasteiger partial charge in [-0.15, -0.1) is 0 Å². The SMILES string of the molecule is O=C1NCCN1CCNc1ccccc1Cc1ccccc1. The van der Waals surface area contributed by atoms with Gasteiger partial charge in [0.15, 0.2) is 0 Å². The fourth-order valence-corrected chi connectivity index (χ4v) is 2.71. The van der Waals surface area contributed by atoms with Gasteiger partial charge in [-0.05, 0) is 23.6 Å². The van der Waals surface area contributed by atoms with E-state index in [1.807, 2.05) is 17.0 Å². The molecule has 1 heterocycles. The minimum absolute atomic E-state index is 0.0411. The van der Waals surface area contributed by atoms with Crippen LogP contribution in [-0.2, 0) is 6.42 Å². The highest BCUT2D eigenvalue weighted by Crippen LogP contribution is 2.18. The Bertz CT molecular complexity index is 627. The second-order valence-corrected chi connectivity index (χ2v) is 5.47. The Balaban J connectivity index is 1.60. The molecule has 1 aliphatic heterocycles. The van der Waals surface area contributed by atoms with Crippen molar-refractivity contribution < 1.29 is 4.79 Å². The molecule has 0 atom stereocenters. The van der Waals surface area contributed by atoms with Gasteiger partial charge in [0, 0.05) is 31.9 Å². The fraction of sp³-hybridized carbons (Fsp3) is 0.278. The van der Waals surface area contributed by atoms with Crippen molar-refractivity contribution >= 4 is 11.7 Å². The number of amides is 2. The van der Waals surface area contributed by atoms with Crippen LogP contribution in [-0.4, -0.2) is 37.1 Å². The summed E-state index contributed by atoms with van der Waals surface area (Å²) in [6.45, 7) is 3.04. The van der Waals surface area contributed by atoms with Crippen LogP contribution in [0.1, 0.15) is 11.1 Å². The van der Waals surface area contributed by atoms with E-state index in [0.29, 0.717) is 0 Å². The number of hydrogen-bond donors (Lipinski definition) is 2. The highest BCUT2D eigenvalue weighted by molar-refractivity contribution is 5.76. The third-order valence-corrected chi connectivity index (χ3v) is 3.90. The average Bonchev–Trinajstić information content (AvgIpc) is 2.95. The number of nitrogens with zero attached hydrogens (tertiary/aromatic N) is 1. The number of anilines is 1. The average molecular weight is 295 g/mol. The zero-order chi connectivity index (χ0) is 15.2. The fourth-order valence-electron chi connectivity index (χ4n) is 2.71. The summed E-state index contributed by atoms with van der Waals surface area (Å²) in [6.07, 6.45) is 0.911. The van der Waals surface area contributed by atoms with Crippen molar-refractivity contribution in [1.29, 1.82) is 0 Å². The van der Waals surface area contributed by atoms with Crippen LogP contribution in [0.3, 0.4) is 0 Å². The molecule has 1 fully saturated rings. The molecule has 1 aliphatic rings. The van der Waals surface area contributed by atoms with Gasteiger partial charge in [0.1, 0.15) is 0 Å². The van der Waals surface area contributed by atoms with Gasteiger partial charge in [-0.2, -0.15) is 0 Å². The zero-order valence-electron chi connectivity index (χ0n) is 12.6. The molecule has 3 rings (SSSR count). The third-order valence-electron chi connectivity index (χ3n) is 3.90. The van der Waals surface area contributed by atoms with Crippen LogP contribution in [0, 0.1) is 0 Å². The lowest BCUT2D eigenvalue weighted by atomic mass is 10.0. The second-order valence-electron chi connectivity index (χ2n) is 5.47. The number of para-hydroxylation sites is 1. The molecule has 4 nitrogen and oxygen atoms in total. The summed E-state index contributed by atoms with van der Waals surface area (Å²) in [5.74, 6) is 0. The maximum atomic E-state index is 11.5. The van der Waals surface area contributed by atoms with E-state index in [0.717, 1.165) is 38.3 Å². The Kier molecular flexibility index (Phi) is 4.59. The molecule has 22 heavy (non-hydrogen) atoms. The number of carbonyl (C=O) groups excluding carboxylic acids is 1. The Labute approximate surface area is 131 Å².